The predicted octanol–water partition coefficient (Wildman–Crippen LogP) is 1.53. The van der Waals surface area contributed by atoms with Crippen LogP contribution >= 0.6 is 22.6 Å². The van der Waals surface area contributed by atoms with E-state index in [0.29, 0.717) is 0 Å². The molecule has 1 aliphatic heterocycles. The van der Waals surface area contributed by atoms with Crippen LogP contribution in [0, 0.1) is 0 Å². The molecule has 1 heterocycles. The Morgan fingerprint density at radius 1 is 1.75 bits per heavy atom. The van der Waals surface area contributed by atoms with E-state index in [4.69, 9.17) is 4.89 Å². The van der Waals surface area contributed by atoms with Crippen LogP contribution in [0.15, 0.2) is 0 Å². The quantitative estimate of drug-likeness (QED) is 0.405. The minimum atomic E-state index is 0.0700. The first-order chi connectivity index (χ1) is 3.83. The summed E-state index contributed by atoms with van der Waals surface area (Å²) in [4.78, 5) is 9.52. The van der Waals surface area contributed by atoms with E-state index < -0.39 is 0 Å². The Balaban J connectivity index is 2.33. The number of halogens is 1. The van der Waals surface area contributed by atoms with Crippen molar-refractivity contribution in [2.75, 3.05) is 11.0 Å². The average Bonchev–Trinajstić information content (AvgIpc) is 1.67. The van der Waals surface area contributed by atoms with Crippen molar-refractivity contribution in [3.8, 4) is 0 Å². The SMILES string of the molecule is CCC1(CI)COO1. The Kier molecular flexibility index (Phi) is 2.11. The molecule has 0 spiro atoms. The molecule has 0 amide bonds. The molecule has 0 aliphatic carbocycles. The van der Waals surface area contributed by atoms with E-state index in [1.54, 1.807) is 0 Å². The first-order valence-electron chi connectivity index (χ1n) is 2.69. The Hall–Kier alpha value is 0.650. The van der Waals surface area contributed by atoms with Crippen molar-refractivity contribution >= 4 is 22.6 Å². The molecule has 0 N–H and O–H groups in total. The lowest BCUT2D eigenvalue weighted by atomic mass is 10.0. The molecule has 48 valence electrons. The third-order valence-electron chi connectivity index (χ3n) is 1.45. The molecule has 0 bridgehead atoms. The smallest absolute Gasteiger partial charge is 0.138 e. The Bertz CT molecular complexity index is 67.0. The van der Waals surface area contributed by atoms with Crippen LogP contribution in [-0.2, 0) is 9.78 Å². The molecule has 3 heteroatoms. The molecule has 8 heavy (non-hydrogen) atoms. The number of rotatable bonds is 2. The largest absolute Gasteiger partial charge is 0.233 e. The third kappa shape index (κ3) is 0.989. The molecule has 0 radical (unpaired) electrons. The van der Waals surface area contributed by atoms with Gasteiger partial charge in [-0.05, 0) is 6.42 Å². The molecule has 2 nitrogen and oxygen atoms in total. The fourth-order valence-electron chi connectivity index (χ4n) is 0.542. The molecule has 1 atom stereocenters. The molecule has 1 fully saturated rings. The van der Waals surface area contributed by atoms with Crippen molar-refractivity contribution in [3.63, 3.8) is 0 Å². The normalized spacial score (nSPS) is 36.8. The van der Waals surface area contributed by atoms with Crippen LogP contribution in [0.25, 0.3) is 0 Å². The second-order valence-corrected chi connectivity index (χ2v) is 2.78. The van der Waals surface area contributed by atoms with Gasteiger partial charge >= 0.3 is 0 Å². The summed E-state index contributed by atoms with van der Waals surface area (Å²) in [5.74, 6) is 0. The highest BCUT2D eigenvalue weighted by Crippen LogP contribution is 2.27. The van der Waals surface area contributed by atoms with E-state index in [2.05, 4.69) is 34.4 Å². The molecule has 0 aromatic carbocycles. The number of hydrogen-bond donors (Lipinski definition) is 0. The molecule has 0 saturated carbocycles. The molecular weight excluding hydrogens is 219 g/mol. The van der Waals surface area contributed by atoms with Crippen molar-refractivity contribution in [2.24, 2.45) is 0 Å². The van der Waals surface area contributed by atoms with Crippen molar-refractivity contribution in [1.29, 1.82) is 0 Å². The summed E-state index contributed by atoms with van der Waals surface area (Å²) in [7, 11) is 0. The summed E-state index contributed by atoms with van der Waals surface area (Å²) in [5, 5.41) is 0. The molecule has 1 aliphatic rings. The zero-order chi connectivity index (χ0) is 6.04. The monoisotopic (exact) mass is 228 g/mol. The summed E-state index contributed by atoms with van der Waals surface area (Å²) in [6.45, 7) is 2.88. The van der Waals surface area contributed by atoms with Gasteiger partial charge in [-0.1, -0.05) is 29.5 Å². The van der Waals surface area contributed by atoms with E-state index in [1.165, 1.54) is 0 Å². The van der Waals surface area contributed by atoms with Crippen LogP contribution < -0.4 is 0 Å². The van der Waals surface area contributed by atoms with Crippen LogP contribution in [0.4, 0.5) is 0 Å². The molecule has 0 aromatic rings. The van der Waals surface area contributed by atoms with Gasteiger partial charge in [0.05, 0.1) is 0 Å². The van der Waals surface area contributed by atoms with Gasteiger partial charge in [-0.2, -0.15) is 0 Å². The average molecular weight is 228 g/mol. The second-order valence-electron chi connectivity index (χ2n) is 2.02. The number of hydrogen-bond acceptors (Lipinski definition) is 2. The van der Waals surface area contributed by atoms with Crippen molar-refractivity contribution in [1.82, 2.24) is 0 Å². The maximum absolute atomic E-state index is 4.91. The minimum Gasteiger partial charge on any atom is -0.233 e. The predicted molar refractivity (Wildman–Crippen MR) is 38.9 cm³/mol. The zero-order valence-electron chi connectivity index (χ0n) is 4.82. The molecule has 1 unspecified atom stereocenters. The van der Waals surface area contributed by atoms with E-state index >= 15 is 0 Å². The fourth-order valence-corrected chi connectivity index (χ4v) is 1.43. The topological polar surface area (TPSA) is 18.5 Å². The molecule has 1 rings (SSSR count). The van der Waals surface area contributed by atoms with E-state index in [9.17, 15) is 0 Å². The van der Waals surface area contributed by atoms with Gasteiger partial charge in [0.15, 0.2) is 0 Å². The van der Waals surface area contributed by atoms with Gasteiger partial charge in [0.1, 0.15) is 12.2 Å². The Morgan fingerprint density at radius 2 is 2.38 bits per heavy atom. The van der Waals surface area contributed by atoms with Crippen LogP contribution in [0.1, 0.15) is 13.3 Å². The number of alkyl halides is 1. The minimum absolute atomic E-state index is 0.0700. The van der Waals surface area contributed by atoms with Crippen molar-refractivity contribution in [2.45, 2.75) is 18.9 Å². The first kappa shape index (κ1) is 6.77. The fraction of sp³-hybridized carbons (Fsp3) is 1.00. The van der Waals surface area contributed by atoms with Crippen LogP contribution in [-0.4, -0.2) is 16.6 Å². The highest BCUT2D eigenvalue weighted by atomic mass is 127. The van der Waals surface area contributed by atoms with Gasteiger partial charge in [0, 0.05) is 4.43 Å². The lowest BCUT2D eigenvalue weighted by Crippen LogP contribution is -2.48. The molecular formula is C5H9IO2. The molecule has 1 saturated heterocycles. The standard InChI is InChI=1S/C5H9IO2/c1-2-5(3-6)4-7-8-5/h2-4H2,1H3. The summed E-state index contributed by atoms with van der Waals surface area (Å²) in [6, 6.07) is 0. The summed E-state index contributed by atoms with van der Waals surface area (Å²) < 4.78 is 1.03. The second kappa shape index (κ2) is 2.49. The lowest BCUT2D eigenvalue weighted by molar-refractivity contribution is -0.463. The van der Waals surface area contributed by atoms with Gasteiger partial charge in [-0.15, -0.1) is 0 Å². The summed E-state index contributed by atoms with van der Waals surface area (Å²) in [5.41, 5.74) is 0.0700. The lowest BCUT2D eigenvalue weighted by Gasteiger charge is -2.36. The van der Waals surface area contributed by atoms with Crippen LogP contribution in [0.2, 0.25) is 0 Å². The highest BCUT2D eigenvalue weighted by Gasteiger charge is 2.38. The highest BCUT2D eigenvalue weighted by molar-refractivity contribution is 14.1. The van der Waals surface area contributed by atoms with Gasteiger partial charge in [0.25, 0.3) is 0 Å². The van der Waals surface area contributed by atoms with Gasteiger partial charge in [0.2, 0.25) is 0 Å². The maximum atomic E-state index is 4.91. The Labute approximate surface area is 62.6 Å². The van der Waals surface area contributed by atoms with Crippen molar-refractivity contribution < 1.29 is 9.78 Å². The van der Waals surface area contributed by atoms with Crippen LogP contribution in [0.5, 0.6) is 0 Å². The summed E-state index contributed by atoms with van der Waals surface area (Å²) >= 11 is 2.31. The third-order valence-corrected chi connectivity index (χ3v) is 2.84. The van der Waals surface area contributed by atoms with Gasteiger partial charge < -0.3 is 0 Å². The van der Waals surface area contributed by atoms with Crippen LogP contribution in [0.3, 0.4) is 0 Å². The maximum Gasteiger partial charge on any atom is 0.138 e. The first-order valence-corrected chi connectivity index (χ1v) is 4.22. The Morgan fingerprint density at radius 3 is 2.38 bits per heavy atom. The van der Waals surface area contributed by atoms with Crippen molar-refractivity contribution in [3.05, 3.63) is 0 Å². The van der Waals surface area contributed by atoms with E-state index in [-0.39, 0.29) is 5.60 Å². The van der Waals surface area contributed by atoms with E-state index in [0.717, 1.165) is 17.5 Å². The molecule has 0 aromatic heterocycles. The van der Waals surface area contributed by atoms with Gasteiger partial charge in [-0.3, -0.25) is 0 Å². The zero-order valence-corrected chi connectivity index (χ0v) is 6.97. The summed E-state index contributed by atoms with van der Waals surface area (Å²) in [6.07, 6.45) is 1.05. The van der Waals surface area contributed by atoms with E-state index in [1.807, 2.05) is 0 Å². The van der Waals surface area contributed by atoms with Gasteiger partial charge in [-0.25, -0.2) is 9.78 Å².